The number of rotatable bonds is 4. The number of hydrogen-bond acceptors (Lipinski definition) is 7. The molecule has 1 saturated heterocycles. The van der Waals surface area contributed by atoms with Crippen molar-refractivity contribution in [3.05, 3.63) is 15.8 Å². The molecule has 10 heteroatoms. The quantitative estimate of drug-likeness (QED) is 0.628. The minimum absolute atomic E-state index is 0.0767. The summed E-state index contributed by atoms with van der Waals surface area (Å²) in [5.41, 5.74) is -1.26. The Morgan fingerprint density at radius 1 is 1.44 bits per heavy atom. The van der Waals surface area contributed by atoms with E-state index in [1.807, 2.05) is 6.92 Å². The van der Waals surface area contributed by atoms with Crippen molar-refractivity contribution < 1.29 is 19.2 Å². The van der Waals surface area contributed by atoms with Crippen LogP contribution in [0.5, 0.6) is 0 Å². The van der Waals surface area contributed by atoms with Gasteiger partial charge >= 0.3 is 11.8 Å². The van der Waals surface area contributed by atoms with E-state index in [0.717, 1.165) is 0 Å². The van der Waals surface area contributed by atoms with E-state index in [0.29, 0.717) is 11.5 Å². The third-order valence-electron chi connectivity index (χ3n) is 4.37. The number of aromatic nitrogens is 2. The molecule has 1 aromatic heterocycles. The third-order valence-corrected chi connectivity index (χ3v) is 4.37. The molecule has 2 heterocycles. The number of amides is 1. The van der Waals surface area contributed by atoms with E-state index < -0.39 is 22.3 Å². The zero-order chi connectivity index (χ0) is 20.7. The first-order valence-electron chi connectivity index (χ1n) is 8.86. The molecule has 0 aliphatic carbocycles. The Morgan fingerprint density at radius 3 is 2.56 bits per heavy atom. The van der Waals surface area contributed by atoms with Crippen LogP contribution in [0.3, 0.4) is 0 Å². The van der Waals surface area contributed by atoms with Gasteiger partial charge in [-0.1, -0.05) is 0 Å². The van der Waals surface area contributed by atoms with Crippen LogP contribution in [0.1, 0.15) is 47.2 Å². The maximum Gasteiger partial charge on any atom is 0.412 e. The molecule has 2 rings (SSSR count). The number of carbonyl (C=O) groups is 1. The number of nitrogens with zero attached hydrogens (tertiary/aromatic N) is 4. The number of nitro groups is 1. The first-order chi connectivity index (χ1) is 12.2. The van der Waals surface area contributed by atoms with E-state index in [2.05, 4.69) is 10.4 Å². The monoisotopic (exact) mass is 383 g/mol. The molecule has 10 nitrogen and oxygen atoms in total. The van der Waals surface area contributed by atoms with E-state index in [1.165, 1.54) is 4.68 Å². The standard InChI is InChI=1S/C17H29N5O5/c1-10-13(22(24)25)14(20(8)19-10)18-9-12-11(2)26-17(6,7)21(12)15(23)27-16(3,4)5/h11-12,18H,9H2,1-8H3/t11-,12-/m1/s1. The van der Waals surface area contributed by atoms with Crippen LogP contribution in [0.15, 0.2) is 0 Å². The van der Waals surface area contributed by atoms with Crippen LogP contribution in [0.2, 0.25) is 0 Å². The molecular formula is C17H29N5O5. The number of nitrogens with one attached hydrogen (secondary N) is 1. The van der Waals surface area contributed by atoms with E-state index in [-0.39, 0.29) is 24.4 Å². The van der Waals surface area contributed by atoms with Gasteiger partial charge in [0.2, 0.25) is 5.82 Å². The molecule has 1 fully saturated rings. The minimum atomic E-state index is -0.859. The maximum atomic E-state index is 12.8. The molecule has 0 spiro atoms. The molecule has 0 unspecified atom stereocenters. The topological polar surface area (TPSA) is 112 Å². The first-order valence-corrected chi connectivity index (χ1v) is 8.86. The van der Waals surface area contributed by atoms with Crippen LogP contribution in [0, 0.1) is 17.0 Å². The summed E-state index contributed by atoms with van der Waals surface area (Å²) in [4.78, 5) is 25.2. The molecule has 1 N–H and O–H groups in total. The summed E-state index contributed by atoms with van der Waals surface area (Å²) in [6, 6.07) is -0.371. The fourth-order valence-electron chi connectivity index (χ4n) is 3.39. The average molecular weight is 383 g/mol. The zero-order valence-electron chi connectivity index (χ0n) is 17.2. The molecule has 2 atom stereocenters. The molecule has 1 aliphatic heterocycles. The predicted molar refractivity (Wildman–Crippen MR) is 99.6 cm³/mol. The SMILES string of the molecule is Cc1nn(C)c(NC[C@@H]2[C@@H](C)OC(C)(C)N2C(=O)OC(C)(C)C)c1[N+](=O)[O-]. The number of anilines is 1. The van der Waals surface area contributed by atoms with Gasteiger partial charge in [0.25, 0.3) is 0 Å². The smallest absolute Gasteiger partial charge is 0.412 e. The van der Waals surface area contributed by atoms with Crippen LogP contribution in [0.4, 0.5) is 16.3 Å². The van der Waals surface area contributed by atoms with Gasteiger partial charge in [-0.2, -0.15) is 5.10 Å². The van der Waals surface area contributed by atoms with Gasteiger partial charge in [-0.3, -0.25) is 15.0 Å². The van der Waals surface area contributed by atoms with E-state index in [1.54, 1.807) is 53.5 Å². The van der Waals surface area contributed by atoms with Gasteiger partial charge in [0, 0.05) is 13.6 Å². The summed E-state index contributed by atoms with van der Waals surface area (Å²) < 4.78 is 12.9. The Labute approximate surface area is 158 Å². The second-order valence-corrected chi connectivity index (χ2v) is 8.23. The summed E-state index contributed by atoms with van der Waals surface area (Å²) in [6.45, 7) is 12.7. The van der Waals surface area contributed by atoms with Gasteiger partial charge in [0.15, 0.2) is 0 Å². The summed E-state index contributed by atoms with van der Waals surface area (Å²) in [5.74, 6) is 0.290. The van der Waals surface area contributed by atoms with Crippen LogP contribution < -0.4 is 5.32 Å². The number of carbonyl (C=O) groups excluding carboxylic acids is 1. The molecule has 1 aliphatic rings. The van der Waals surface area contributed by atoms with Gasteiger partial charge in [0.05, 0.1) is 17.1 Å². The van der Waals surface area contributed by atoms with Crippen molar-refractivity contribution >= 4 is 17.6 Å². The van der Waals surface area contributed by atoms with Crippen molar-refractivity contribution in [2.75, 3.05) is 11.9 Å². The fraction of sp³-hybridized carbons (Fsp3) is 0.765. The molecule has 0 saturated carbocycles. The lowest BCUT2D eigenvalue weighted by Gasteiger charge is -2.35. The van der Waals surface area contributed by atoms with E-state index in [4.69, 9.17) is 9.47 Å². The van der Waals surface area contributed by atoms with E-state index in [9.17, 15) is 14.9 Å². The zero-order valence-corrected chi connectivity index (χ0v) is 17.2. The van der Waals surface area contributed by atoms with Gasteiger partial charge in [0.1, 0.15) is 17.0 Å². The summed E-state index contributed by atoms with van der Waals surface area (Å²) in [7, 11) is 1.63. The van der Waals surface area contributed by atoms with Crippen molar-refractivity contribution in [1.82, 2.24) is 14.7 Å². The fourth-order valence-corrected chi connectivity index (χ4v) is 3.39. The first kappa shape index (κ1) is 20.9. The largest absolute Gasteiger partial charge is 0.444 e. The molecule has 1 amide bonds. The van der Waals surface area contributed by atoms with Gasteiger partial charge in [-0.25, -0.2) is 9.48 Å². The van der Waals surface area contributed by atoms with Gasteiger partial charge < -0.3 is 14.8 Å². The number of aryl methyl sites for hydroxylation is 2. The minimum Gasteiger partial charge on any atom is -0.444 e. The highest BCUT2D eigenvalue weighted by molar-refractivity contribution is 5.70. The summed E-state index contributed by atoms with van der Waals surface area (Å²) in [6.07, 6.45) is -0.771. The highest BCUT2D eigenvalue weighted by Gasteiger charge is 2.49. The maximum absolute atomic E-state index is 12.8. The van der Waals surface area contributed by atoms with Crippen LogP contribution in [-0.4, -0.2) is 55.7 Å². The Kier molecular flexibility index (Phi) is 5.42. The Morgan fingerprint density at radius 2 is 2.04 bits per heavy atom. The lowest BCUT2D eigenvalue weighted by atomic mass is 10.1. The Balaban J connectivity index is 2.26. The van der Waals surface area contributed by atoms with Crippen molar-refractivity contribution in [2.45, 2.75) is 71.9 Å². The normalized spacial score (nSPS) is 22.0. The molecule has 152 valence electrons. The van der Waals surface area contributed by atoms with Crippen molar-refractivity contribution in [1.29, 1.82) is 0 Å². The molecule has 0 radical (unpaired) electrons. The predicted octanol–water partition coefficient (Wildman–Crippen LogP) is 2.81. The number of ether oxygens (including phenoxy) is 2. The Bertz CT molecular complexity index is 737. The summed E-state index contributed by atoms with van der Waals surface area (Å²) >= 11 is 0. The van der Waals surface area contributed by atoms with E-state index >= 15 is 0 Å². The second-order valence-electron chi connectivity index (χ2n) is 8.23. The van der Waals surface area contributed by atoms with Crippen LogP contribution in [-0.2, 0) is 16.5 Å². The molecule has 27 heavy (non-hydrogen) atoms. The van der Waals surface area contributed by atoms with Gasteiger partial charge in [-0.15, -0.1) is 0 Å². The molecule has 0 bridgehead atoms. The molecule has 1 aromatic rings. The lowest BCUT2D eigenvalue weighted by Crippen LogP contribution is -2.52. The Hall–Kier alpha value is -2.36. The summed E-state index contributed by atoms with van der Waals surface area (Å²) in [5, 5.41) is 18.5. The van der Waals surface area contributed by atoms with Crippen molar-refractivity contribution in [2.24, 2.45) is 7.05 Å². The third kappa shape index (κ3) is 4.32. The highest BCUT2D eigenvalue weighted by atomic mass is 16.6. The molecular weight excluding hydrogens is 354 g/mol. The second kappa shape index (κ2) is 6.99. The van der Waals surface area contributed by atoms with Crippen molar-refractivity contribution in [3.8, 4) is 0 Å². The number of hydrogen-bond donors (Lipinski definition) is 1. The van der Waals surface area contributed by atoms with Gasteiger partial charge in [-0.05, 0) is 48.5 Å². The molecule has 0 aromatic carbocycles. The average Bonchev–Trinajstić information content (AvgIpc) is 2.86. The van der Waals surface area contributed by atoms with Crippen molar-refractivity contribution in [3.63, 3.8) is 0 Å². The van der Waals surface area contributed by atoms with Crippen LogP contribution >= 0.6 is 0 Å². The highest BCUT2D eigenvalue weighted by Crippen LogP contribution is 2.34. The van der Waals surface area contributed by atoms with Crippen LogP contribution in [0.25, 0.3) is 0 Å². The lowest BCUT2D eigenvalue weighted by molar-refractivity contribution is -0.384.